The van der Waals surface area contributed by atoms with E-state index in [0.29, 0.717) is 44.6 Å². The lowest BCUT2D eigenvalue weighted by Crippen LogP contribution is -2.50. The molecular formula is C37H36N2O5. The number of aldehydes is 1. The number of hydrogen-bond donors (Lipinski definition) is 0. The summed E-state index contributed by atoms with van der Waals surface area (Å²) in [6.45, 7) is 1.85. The molecule has 44 heavy (non-hydrogen) atoms. The number of rotatable bonds is 14. The number of imidazole rings is 1. The smallest absolute Gasteiger partial charge is 0.170 e. The first-order valence-corrected chi connectivity index (χ1v) is 14.9. The molecule has 6 rings (SSSR count). The molecule has 0 aliphatic carbocycles. The molecule has 2 heterocycles. The van der Waals surface area contributed by atoms with Crippen molar-refractivity contribution in [1.29, 1.82) is 0 Å². The van der Waals surface area contributed by atoms with E-state index in [1.54, 1.807) is 6.20 Å². The first kappa shape index (κ1) is 29.7. The Morgan fingerprint density at radius 2 is 1.05 bits per heavy atom. The summed E-state index contributed by atoms with van der Waals surface area (Å²) in [5.41, 5.74) is 4.51. The van der Waals surface area contributed by atoms with Gasteiger partial charge >= 0.3 is 0 Å². The van der Waals surface area contributed by atoms with Crippen LogP contribution in [0.3, 0.4) is 0 Å². The molecule has 1 aliphatic heterocycles. The zero-order valence-electron chi connectivity index (χ0n) is 24.5. The molecule has 4 aromatic carbocycles. The molecule has 1 aliphatic rings. The van der Waals surface area contributed by atoms with Gasteiger partial charge in [0.15, 0.2) is 6.29 Å². The molecule has 0 radical (unpaired) electrons. The van der Waals surface area contributed by atoms with Crippen LogP contribution in [0.5, 0.6) is 0 Å². The number of carbonyl (C=O) groups excluding carboxylic acids is 1. The van der Waals surface area contributed by atoms with Crippen LogP contribution in [0, 0.1) is 0 Å². The van der Waals surface area contributed by atoms with Crippen LogP contribution in [0.2, 0.25) is 0 Å². The fourth-order valence-corrected chi connectivity index (χ4v) is 5.55. The van der Waals surface area contributed by atoms with E-state index in [4.69, 9.17) is 23.9 Å². The van der Waals surface area contributed by atoms with Gasteiger partial charge in [0.1, 0.15) is 29.8 Å². The van der Waals surface area contributed by atoms with Crippen molar-refractivity contribution in [3.05, 3.63) is 161 Å². The molecule has 0 spiro atoms. The molecule has 224 valence electrons. The van der Waals surface area contributed by atoms with Gasteiger partial charge in [-0.15, -0.1) is 0 Å². The van der Waals surface area contributed by atoms with Gasteiger partial charge in [-0.05, 0) is 22.3 Å². The Morgan fingerprint density at radius 1 is 0.591 bits per heavy atom. The third-order valence-electron chi connectivity index (χ3n) is 7.76. The number of aromatic nitrogens is 2. The number of carbonyl (C=O) groups is 1. The van der Waals surface area contributed by atoms with Gasteiger partial charge in [-0.1, -0.05) is 121 Å². The van der Waals surface area contributed by atoms with E-state index in [1.807, 2.05) is 126 Å². The van der Waals surface area contributed by atoms with Gasteiger partial charge in [0, 0.05) is 6.20 Å². The predicted octanol–water partition coefficient (Wildman–Crippen LogP) is 6.90. The van der Waals surface area contributed by atoms with E-state index in [1.165, 1.54) is 0 Å². The second-order valence-electron chi connectivity index (χ2n) is 10.9. The van der Waals surface area contributed by atoms with Gasteiger partial charge in [0.25, 0.3) is 0 Å². The number of ether oxygens (including phenoxy) is 4. The van der Waals surface area contributed by atoms with E-state index in [9.17, 15) is 4.79 Å². The van der Waals surface area contributed by atoms with E-state index in [-0.39, 0.29) is 6.04 Å². The summed E-state index contributed by atoms with van der Waals surface area (Å²) in [7, 11) is 0. The number of nitrogens with zero attached hydrogens (tertiary/aromatic N) is 2. The minimum atomic E-state index is -0.598. The summed E-state index contributed by atoms with van der Waals surface area (Å²) < 4.78 is 28.4. The SMILES string of the molecule is O=Cc1cn2c(n1)[C@H](OCc1ccccc1)[C@@H](OCc1ccccc1)[C@H](OCc1ccccc1)[C@H]2COCc1ccccc1. The fourth-order valence-electron chi connectivity index (χ4n) is 5.55. The summed E-state index contributed by atoms with van der Waals surface area (Å²) >= 11 is 0. The molecule has 0 amide bonds. The maximum absolute atomic E-state index is 12.0. The van der Waals surface area contributed by atoms with Crippen molar-refractivity contribution in [2.75, 3.05) is 6.61 Å². The Labute approximate surface area is 258 Å². The lowest BCUT2D eigenvalue weighted by atomic mass is 9.95. The highest BCUT2D eigenvalue weighted by Crippen LogP contribution is 2.40. The van der Waals surface area contributed by atoms with Crippen LogP contribution >= 0.6 is 0 Å². The predicted molar refractivity (Wildman–Crippen MR) is 167 cm³/mol. The van der Waals surface area contributed by atoms with Gasteiger partial charge < -0.3 is 23.5 Å². The first-order chi connectivity index (χ1) is 21.8. The standard InChI is InChI=1S/C37H36N2O5/c40-22-32-21-39-33(27-41-23-28-13-5-1-6-14-28)34(42-24-29-15-7-2-8-16-29)35(43-25-30-17-9-3-10-18-30)36(37(39)38-32)44-26-31-19-11-4-12-20-31/h1-22,33-36H,23-27H2/t33-,34-,35+,36-/m1/s1. The highest BCUT2D eigenvalue weighted by Gasteiger charge is 2.47. The average Bonchev–Trinajstić information content (AvgIpc) is 3.52. The monoisotopic (exact) mass is 588 g/mol. The highest BCUT2D eigenvalue weighted by atomic mass is 16.6. The second-order valence-corrected chi connectivity index (χ2v) is 10.9. The van der Waals surface area contributed by atoms with Crippen LogP contribution in [0.25, 0.3) is 0 Å². The molecule has 0 N–H and O–H groups in total. The number of hydrogen-bond acceptors (Lipinski definition) is 6. The second kappa shape index (κ2) is 14.9. The van der Waals surface area contributed by atoms with Gasteiger partial charge in [-0.2, -0.15) is 0 Å². The van der Waals surface area contributed by atoms with Crippen LogP contribution in [-0.4, -0.2) is 34.7 Å². The van der Waals surface area contributed by atoms with Crippen LogP contribution in [0.1, 0.15) is 50.7 Å². The zero-order valence-corrected chi connectivity index (χ0v) is 24.5. The Bertz CT molecular complexity index is 1580. The zero-order chi connectivity index (χ0) is 30.0. The lowest BCUT2D eigenvalue weighted by Gasteiger charge is -2.42. The highest BCUT2D eigenvalue weighted by molar-refractivity contribution is 5.71. The van der Waals surface area contributed by atoms with Gasteiger partial charge in [0.05, 0.1) is 39.1 Å². The third-order valence-corrected chi connectivity index (χ3v) is 7.76. The lowest BCUT2D eigenvalue weighted by molar-refractivity contribution is -0.188. The summed E-state index contributed by atoms with van der Waals surface area (Å²) in [5, 5.41) is 0. The maximum atomic E-state index is 12.0. The fraction of sp³-hybridized carbons (Fsp3) is 0.243. The van der Waals surface area contributed by atoms with E-state index >= 15 is 0 Å². The number of benzene rings is 4. The molecule has 4 atom stereocenters. The molecule has 0 unspecified atom stereocenters. The minimum Gasteiger partial charge on any atom is -0.375 e. The molecule has 0 saturated carbocycles. The van der Waals surface area contributed by atoms with Gasteiger partial charge in [-0.25, -0.2) is 4.98 Å². The van der Waals surface area contributed by atoms with Crippen molar-refractivity contribution in [3.8, 4) is 0 Å². The third kappa shape index (κ3) is 7.38. The van der Waals surface area contributed by atoms with Crippen LogP contribution < -0.4 is 0 Å². The molecule has 0 bridgehead atoms. The Hall–Kier alpha value is -4.40. The van der Waals surface area contributed by atoms with E-state index in [2.05, 4.69) is 0 Å². The van der Waals surface area contributed by atoms with Gasteiger partial charge in [0.2, 0.25) is 0 Å². The summed E-state index contributed by atoms with van der Waals surface area (Å²) in [6, 6.07) is 39.9. The molecular weight excluding hydrogens is 552 g/mol. The molecule has 5 aromatic rings. The van der Waals surface area contributed by atoms with Crippen molar-refractivity contribution >= 4 is 6.29 Å². The maximum Gasteiger partial charge on any atom is 0.170 e. The van der Waals surface area contributed by atoms with Crippen molar-refractivity contribution in [2.24, 2.45) is 0 Å². The summed E-state index contributed by atoms with van der Waals surface area (Å²) in [6.07, 6.45) is 0.920. The van der Waals surface area contributed by atoms with Crippen molar-refractivity contribution in [2.45, 2.75) is 50.8 Å². The summed E-state index contributed by atoms with van der Waals surface area (Å²) in [4.78, 5) is 16.7. The Morgan fingerprint density at radius 3 is 1.55 bits per heavy atom. The van der Waals surface area contributed by atoms with Crippen molar-refractivity contribution in [3.63, 3.8) is 0 Å². The average molecular weight is 589 g/mol. The molecule has 0 fully saturated rings. The van der Waals surface area contributed by atoms with Gasteiger partial charge in [-0.3, -0.25) is 4.79 Å². The van der Waals surface area contributed by atoms with Crippen LogP contribution in [0.4, 0.5) is 0 Å². The Kier molecular flexibility index (Phi) is 10.0. The Balaban J connectivity index is 1.35. The van der Waals surface area contributed by atoms with E-state index < -0.39 is 18.3 Å². The first-order valence-electron chi connectivity index (χ1n) is 14.9. The largest absolute Gasteiger partial charge is 0.375 e. The molecule has 0 saturated heterocycles. The van der Waals surface area contributed by atoms with Crippen molar-refractivity contribution in [1.82, 2.24) is 9.55 Å². The molecule has 7 heteroatoms. The summed E-state index contributed by atoms with van der Waals surface area (Å²) in [5.74, 6) is 0.619. The molecule has 1 aromatic heterocycles. The normalized spacial score (nSPS) is 19.4. The van der Waals surface area contributed by atoms with E-state index in [0.717, 1.165) is 28.5 Å². The van der Waals surface area contributed by atoms with Crippen LogP contribution in [-0.2, 0) is 45.4 Å². The van der Waals surface area contributed by atoms with Crippen LogP contribution in [0.15, 0.2) is 128 Å². The topological polar surface area (TPSA) is 71.8 Å². The quantitative estimate of drug-likeness (QED) is 0.132. The van der Waals surface area contributed by atoms with Crippen molar-refractivity contribution < 1.29 is 23.7 Å². The minimum absolute atomic E-state index is 0.323. The number of fused-ring (bicyclic) bond motifs is 1. The molecule has 7 nitrogen and oxygen atoms in total.